The first-order chi connectivity index (χ1) is 9.97. The zero-order valence-corrected chi connectivity index (χ0v) is 14.2. The molecule has 0 fully saturated rings. The van der Waals surface area contributed by atoms with Crippen molar-refractivity contribution in [2.24, 2.45) is 5.92 Å². The molecule has 0 aliphatic rings. The van der Waals surface area contributed by atoms with Gasteiger partial charge in [-0.05, 0) is 42.2 Å². The van der Waals surface area contributed by atoms with Crippen LogP contribution in [0.4, 0.5) is 4.39 Å². The molecule has 2 aromatic carbocycles. The maximum absolute atomic E-state index is 13.9. The van der Waals surface area contributed by atoms with Crippen LogP contribution in [-0.2, 0) is 17.6 Å². The molecule has 1 N–H and O–H groups in total. The Morgan fingerprint density at radius 3 is 2.38 bits per heavy atom. The Kier molecular flexibility index (Phi) is 5.53. The van der Waals surface area contributed by atoms with Gasteiger partial charge in [-0.3, -0.25) is 4.79 Å². The van der Waals surface area contributed by atoms with E-state index in [4.69, 9.17) is 0 Å². The number of rotatable bonds is 5. The van der Waals surface area contributed by atoms with Crippen LogP contribution in [-0.4, -0.2) is 11.1 Å². The Hall–Kier alpha value is -1.20. The maximum atomic E-state index is 13.9. The largest absolute Gasteiger partial charge is 0.481 e. The molecule has 2 rings (SSSR count). The van der Waals surface area contributed by atoms with Gasteiger partial charge in [-0.25, -0.2) is 4.39 Å². The van der Waals surface area contributed by atoms with Crippen molar-refractivity contribution in [2.75, 3.05) is 0 Å². The highest BCUT2D eigenvalue weighted by atomic mass is 79.9. The monoisotopic (exact) mass is 414 g/mol. The lowest BCUT2D eigenvalue weighted by molar-refractivity contribution is -0.141. The summed E-state index contributed by atoms with van der Waals surface area (Å²) in [6.07, 6.45) is 0.516. The molecule has 0 heterocycles. The molecule has 0 amide bonds. The van der Waals surface area contributed by atoms with Gasteiger partial charge < -0.3 is 5.11 Å². The quantitative estimate of drug-likeness (QED) is 0.758. The molecule has 1 unspecified atom stereocenters. The van der Waals surface area contributed by atoms with E-state index in [1.807, 2.05) is 24.3 Å². The highest BCUT2D eigenvalue weighted by Crippen LogP contribution is 2.24. The molecule has 1 atom stereocenters. The van der Waals surface area contributed by atoms with Crippen LogP contribution in [0.2, 0.25) is 0 Å². The summed E-state index contributed by atoms with van der Waals surface area (Å²) in [5.41, 5.74) is 1.32. The molecule has 0 saturated heterocycles. The predicted octanol–water partition coefficient (Wildman–Crippen LogP) is 4.84. The number of carboxylic acids is 1. The summed E-state index contributed by atoms with van der Waals surface area (Å²) < 4.78 is 15.4. The molecule has 5 heteroatoms. The number of carbonyl (C=O) groups is 1. The van der Waals surface area contributed by atoms with Crippen molar-refractivity contribution >= 4 is 37.8 Å². The van der Waals surface area contributed by atoms with Crippen molar-refractivity contribution in [3.05, 3.63) is 68.4 Å². The van der Waals surface area contributed by atoms with E-state index in [1.165, 1.54) is 6.07 Å². The summed E-state index contributed by atoms with van der Waals surface area (Å²) >= 11 is 6.60. The Balaban J connectivity index is 2.20. The first-order valence-corrected chi connectivity index (χ1v) is 7.96. The summed E-state index contributed by atoms with van der Waals surface area (Å²) in [4.78, 5) is 11.5. The lowest BCUT2D eigenvalue weighted by Gasteiger charge is -2.14. The number of halogens is 3. The van der Waals surface area contributed by atoms with Crippen LogP contribution in [0.3, 0.4) is 0 Å². The fraction of sp³-hybridized carbons (Fsp3) is 0.188. The van der Waals surface area contributed by atoms with Crippen molar-refractivity contribution in [3.63, 3.8) is 0 Å². The van der Waals surface area contributed by atoms with Gasteiger partial charge in [0.05, 0.1) is 5.92 Å². The van der Waals surface area contributed by atoms with Crippen LogP contribution in [0.25, 0.3) is 0 Å². The van der Waals surface area contributed by atoms with Gasteiger partial charge in [0.25, 0.3) is 0 Å². The van der Waals surface area contributed by atoms with Gasteiger partial charge in [0, 0.05) is 8.95 Å². The molecule has 0 aromatic heterocycles. The van der Waals surface area contributed by atoms with Gasteiger partial charge >= 0.3 is 5.97 Å². The smallest absolute Gasteiger partial charge is 0.307 e. The summed E-state index contributed by atoms with van der Waals surface area (Å²) in [7, 11) is 0. The van der Waals surface area contributed by atoms with E-state index >= 15 is 0 Å². The minimum absolute atomic E-state index is 0.162. The third kappa shape index (κ3) is 4.38. The zero-order valence-electron chi connectivity index (χ0n) is 11.0. The number of benzene rings is 2. The Labute approximate surface area is 139 Å². The minimum atomic E-state index is -0.923. The fourth-order valence-electron chi connectivity index (χ4n) is 2.13. The minimum Gasteiger partial charge on any atom is -0.481 e. The molecular formula is C16H13Br2FO2. The SMILES string of the molecule is O=C(O)C(Cc1ccc(Br)cc1F)Cc1ccccc1Br. The molecule has 0 spiro atoms. The topological polar surface area (TPSA) is 37.3 Å². The third-order valence-electron chi connectivity index (χ3n) is 3.25. The van der Waals surface area contributed by atoms with Crippen LogP contribution in [0, 0.1) is 11.7 Å². The van der Waals surface area contributed by atoms with Crippen LogP contribution in [0.5, 0.6) is 0 Å². The summed E-state index contributed by atoms with van der Waals surface area (Å²) in [5, 5.41) is 9.39. The van der Waals surface area contributed by atoms with Crippen LogP contribution in [0.1, 0.15) is 11.1 Å². The highest BCUT2D eigenvalue weighted by Gasteiger charge is 2.21. The second kappa shape index (κ2) is 7.18. The Morgan fingerprint density at radius 1 is 1.10 bits per heavy atom. The summed E-state index contributed by atoms with van der Waals surface area (Å²) in [6, 6.07) is 12.2. The van der Waals surface area contributed by atoms with Crippen molar-refractivity contribution in [3.8, 4) is 0 Å². The fourth-order valence-corrected chi connectivity index (χ4v) is 2.91. The van der Waals surface area contributed by atoms with Gasteiger partial charge in [-0.15, -0.1) is 0 Å². The molecule has 0 aliphatic heterocycles. The standard InChI is InChI=1S/C16H13Br2FO2/c17-13-6-5-11(15(19)9-13)8-12(16(20)21)7-10-3-1-2-4-14(10)18/h1-6,9,12H,7-8H2,(H,20,21). The number of carboxylic acid groups (broad SMARTS) is 1. The van der Waals surface area contributed by atoms with E-state index in [1.54, 1.807) is 12.1 Å². The van der Waals surface area contributed by atoms with Gasteiger partial charge in [0.2, 0.25) is 0 Å². The third-order valence-corrected chi connectivity index (χ3v) is 4.52. The van der Waals surface area contributed by atoms with Crippen molar-refractivity contribution in [2.45, 2.75) is 12.8 Å². The van der Waals surface area contributed by atoms with Crippen LogP contribution < -0.4 is 0 Å². The molecule has 2 aromatic rings. The molecule has 0 radical (unpaired) electrons. The van der Waals surface area contributed by atoms with Crippen molar-refractivity contribution < 1.29 is 14.3 Å². The van der Waals surface area contributed by atoms with Crippen LogP contribution in [0.15, 0.2) is 51.4 Å². The van der Waals surface area contributed by atoms with Gasteiger partial charge in [0.1, 0.15) is 5.82 Å². The number of hydrogen-bond acceptors (Lipinski definition) is 1. The normalized spacial score (nSPS) is 12.1. The van der Waals surface area contributed by atoms with E-state index < -0.39 is 11.9 Å². The lowest BCUT2D eigenvalue weighted by atomic mass is 9.92. The Morgan fingerprint density at radius 2 is 1.76 bits per heavy atom. The molecule has 21 heavy (non-hydrogen) atoms. The van der Waals surface area contributed by atoms with Gasteiger partial charge in [-0.2, -0.15) is 0 Å². The van der Waals surface area contributed by atoms with Crippen molar-refractivity contribution in [1.82, 2.24) is 0 Å². The Bertz CT molecular complexity index is 658. The molecule has 0 bridgehead atoms. The lowest BCUT2D eigenvalue weighted by Crippen LogP contribution is -2.20. The van der Waals surface area contributed by atoms with E-state index in [9.17, 15) is 14.3 Å². The van der Waals surface area contributed by atoms with E-state index in [0.29, 0.717) is 16.5 Å². The molecule has 0 aliphatic carbocycles. The summed E-state index contributed by atoms with van der Waals surface area (Å²) in [6.45, 7) is 0. The van der Waals surface area contributed by atoms with Gasteiger partial charge in [0.15, 0.2) is 0 Å². The average molecular weight is 416 g/mol. The van der Waals surface area contributed by atoms with E-state index in [2.05, 4.69) is 31.9 Å². The van der Waals surface area contributed by atoms with Crippen LogP contribution >= 0.6 is 31.9 Å². The first kappa shape index (κ1) is 16.2. The molecule has 2 nitrogen and oxygen atoms in total. The van der Waals surface area contributed by atoms with Gasteiger partial charge in [-0.1, -0.05) is 56.1 Å². The van der Waals surface area contributed by atoms with E-state index in [0.717, 1.165) is 10.0 Å². The van der Waals surface area contributed by atoms with Crippen molar-refractivity contribution in [1.29, 1.82) is 0 Å². The average Bonchev–Trinajstić information content (AvgIpc) is 2.42. The van der Waals surface area contributed by atoms with E-state index in [-0.39, 0.29) is 12.2 Å². The number of aliphatic carboxylic acids is 1. The second-order valence-electron chi connectivity index (χ2n) is 4.77. The predicted molar refractivity (Wildman–Crippen MR) is 86.8 cm³/mol. The maximum Gasteiger partial charge on any atom is 0.307 e. The first-order valence-electron chi connectivity index (χ1n) is 6.37. The summed E-state index contributed by atoms with van der Waals surface area (Å²) in [5.74, 6) is -1.98. The second-order valence-corrected chi connectivity index (χ2v) is 6.54. The molecule has 0 saturated carbocycles. The zero-order chi connectivity index (χ0) is 15.4. The molecule has 110 valence electrons. The highest BCUT2D eigenvalue weighted by molar-refractivity contribution is 9.10. The number of hydrogen-bond donors (Lipinski definition) is 1. The molecular weight excluding hydrogens is 403 g/mol.